The number of hydrogen-bond acceptors (Lipinski definition) is 4. The van der Waals surface area contributed by atoms with Crippen molar-refractivity contribution < 1.29 is 0 Å². The van der Waals surface area contributed by atoms with E-state index in [1.165, 1.54) is 0 Å². The van der Waals surface area contributed by atoms with Gasteiger partial charge in [-0.15, -0.1) is 0 Å². The summed E-state index contributed by atoms with van der Waals surface area (Å²) in [5.74, 6) is 0.728. The third kappa shape index (κ3) is 4.25. The summed E-state index contributed by atoms with van der Waals surface area (Å²) < 4.78 is 1.77. The Morgan fingerprint density at radius 3 is 2.83 bits per heavy atom. The average molecular weight is 404 g/mol. The van der Waals surface area contributed by atoms with Crippen LogP contribution in [0.2, 0.25) is 5.02 Å². The van der Waals surface area contributed by atoms with Gasteiger partial charge in [0.25, 0.3) is 0 Å². The summed E-state index contributed by atoms with van der Waals surface area (Å²) in [6, 6.07) is 17.7. The predicted molar refractivity (Wildman–Crippen MR) is 120 cm³/mol. The summed E-state index contributed by atoms with van der Waals surface area (Å²) in [4.78, 5) is 4.77. The first-order valence-corrected chi connectivity index (χ1v) is 9.92. The van der Waals surface area contributed by atoms with Crippen LogP contribution in [0.15, 0.2) is 73.6 Å². The highest BCUT2D eigenvalue weighted by atomic mass is 35.5. The first kappa shape index (κ1) is 19.0. The molecule has 2 N–H and O–H groups in total. The van der Waals surface area contributed by atoms with E-state index in [1.807, 2.05) is 48.8 Å². The number of aromatic nitrogens is 3. The predicted octanol–water partition coefficient (Wildman–Crippen LogP) is 5.76. The van der Waals surface area contributed by atoms with Gasteiger partial charge in [0.05, 0.1) is 6.20 Å². The van der Waals surface area contributed by atoms with Crippen LogP contribution in [-0.4, -0.2) is 21.1 Å². The van der Waals surface area contributed by atoms with Crippen molar-refractivity contribution in [1.82, 2.24) is 19.9 Å². The van der Waals surface area contributed by atoms with E-state index >= 15 is 0 Å². The maximum Gasteiger partial charge on any atom is 0.165 e. The van der Waals surface area contributed by atoms with Crippen LogP contribution < -0.4 is 10.6 Å². The molecule has 2 heterocycles. The fourth-order valence-corrected chi connectivity index (χ4v) is 3.30. The summed E-state index contributed by atoms with van der Waals surface area (Å²) in [7, 11) is 0. The molecular formula is C23H22ClN5. The fourth-order valence-electron chi connectivity index (χ4n) is 3.11. The van der Waals surface area contributed by atoms with Crippen LogP contribution in [0.3, 0.4) is 0 Å². The monoisotopic (exact) mass is 403 g/mol. The smallest absolute Gasteiger partial charge is 0.165 e. The molecule has 0 fully saturated rings. The zero-order valence-electron chi connectivity index (χ0n) is 16.2. The van der Waals surface area contributed by atoms with E-state index < -0.39 is 0 Å². The van der Waals surface area contributed by atoms with Crippen LogP contribution in [0, 0.1) is 0 Å². The van der Waals surface area contributed by atoms with E-state index in [0.29, 0.717) is 5.02 Å². The van der Waals surface area contributed by atoms with Crippen molar-refractivity contribution in [2.24, 2.45) is 0 Å². The molecule has 0 amide bonds. The number of anilines is 2. The van der Waals surface area contributed by atoms with Gasteiger partial charge in [-0.1, -0.05) is 49.4 Å². The van der Waals surface area contributed by atoms with Crippen LogP contribution in [0.25, 0.3) is 22.5 Å². The van der Waals surface area contributed by atoms with E-state index in [-0.39, 0.29) is 0 Å². The van der Waals surface area contributed by atoms with Gasteiger partial charge in [-0.3, -0.25) is 0 Å². The molecule has 6 heteroatoms. The van der Waals surface area contributed by atoms with Crippen molar-refractivity contribution >= 4 is 34.5 Å². The largest absolute Gasteiger partial charge is 0.385 e. The molecule has 0 saturated heterocycles. The Morgan fingerprint density at radius 1 is 1.14 bits per heavy atom. The number of fused-ring (bicyclic) bond motifs is 1. The lowest BCUT2D eigenvalue weighted by Gasteiger charge is -2.10. The standard InChI is InChI=1S/C23H22ClN5/c1-3-11-25-16(2)17-6-4-7-18(13-17)21-15-26-29-12-10-22(28-23(21)29)27-20-9-5-8-19(24)14-20/h4-10,12-15,25H,2-3,11H2,1H3,(H,27,28). The van der Waals surface area contributed by atoms with E-state index in [9.17, 15) is 0 Å². The molecule has 0 saturated carbocycles. The van der Waals surface area contributed by atoms with Crippen molar-refractivity contribution in [3.05, 3.63) is 84.2 Å². The van der Waals surface area contributed by atoms with Gasteiger partial charge in [0.1, 0.15) is 5.82 Å². The molecule has 29 heavy (non-hydrogen) atoms. The molecule has 2 aromatic carbocycles. The quantitative estimate of drug-likeness (QED) is 0.411. The van der Waals surface area contributed by atoms with Gasteiger partial charge in [-0.25, -0.2) is 9.50 Å². The summed E-state index contributed by atoms with van der Waals surface area (Å²) in [6.07, 6.45) is 4.79. The van der Waals surface area contributed by atoms with Crippen molar-refractivity contribution in [2.75, 3.05) is 11.9 Å². The molecule has 0 atom stereocenters. The zero-order valence-corrected chi connectivity index (χ0v) is 16.9. The van der Waals surface area contributed by atoms with Crippen LogP contribution in [0.4, 0.5) is 11.5 Å². The maximum atomic E-state index is 6.08. The highest BCUT2D eigenvalue weighted by Gasteiger charge is 2.11. The Labute approximate surface area is 175 Å². The molecule has 4 aromatic rings. The Balaban J connectivity index is 1.67. The van der Waals surface area contributed by atoms with Gasteiger partial charge in [0.15, 0.2) is 5.65 Å². The molecule has 0 bridgehead atoms. The fraction of sp³-hybridized carbons (Fsp3) is 0.130. The molecule has 4 rings (SSSR count). The van der Waals surface area contributed by atoms with Crippen LogP contribution in [0.5, 0.6) is 0 Å². The van der Waals surface area contributed by atoms with Crippen LogP contribution in [-0.2, 0) is 0 Å². The lowest BCUT2D eigenvalue weighted by molar-refractivity contribution is 0.825. The summed E-state index contributed by atoms with van der Waals surface area (Å²) in [6.45, 7) is 7.18. The number of halogens is 1. The molecule has 0 unspecified atom stereocenters. The highest BCUT2D eigenvalue weighted by molar-refractivity contribution is 6.30. The summed E-state index contributed by atoms with van der Waals surface area (Å²) in [5.41, 5.74) is 5.65. The molecule has 146 valence electrons. The first-order valence-electron chi connectivity index (χ1n) is 9.54. The molecule has 0 aliphatic heterocycles. The Hall–Kier alpha value is -3.31. The molecule has 0 aliphatic carbocycles. The van der Waals surface area contributed by atoms with Gasteiger partial charge >= 0.3 is 0 Å². The second-order valence-electron chi connectivity index (χ2n) is 6.76. The van der Waals surface area contributed by atoms with E-state index in [4.69, 9.17) is 16.6 Å². The van der Waals surface area contributed by atoms with Gasteiger partial charge in [0, 0.05) is 34.7 Å². The van der Waals surface area contributed by atoms with E-state index in [2.05, 4.69) is 47.4 Å². The lowest BCUT2D eigenvalue weighted by Crippen LogP contribution is -2.11. The number of nitrogens with zero attached hydrogens (tertiary/aromatic N) is 3. The minimum absolute atomic E-state index is 0.676. The number of nitrogens with one attached hydrogen (secondary N) is 2. The van der Waals surface area contributed by atoms with Crippen molar-refractivity contribution in [3.63, 3.8) is 0 Å². The molecule has 0 spiro atoms. The number of hydrogen-bond donors (Lipinski definition) is 2. The lowest BCUT2D eigenvalue weighted by atomic mass is 10.0. The zero-order chi connectivity index (χ0) is 20.2. The minimum atomic E-state index is 0.676. The molecule has 5 nitrogen and oxygen atoms in total. The van der Waals surface area contributed by atoms with Gasteiger partial charge in [-0.2, -0.15) is 5.10 Å². The normalized spacial score (nSPS) is 10.8. The second kappa shape index (κ2) is 8.37. The van der Waals surface area contributed by atoms with Gasteiger partial charge in [0.2, 0.25) is 0 Å². The van der Waals surface area contributed by atoms with E-state index in [1.54, 1.807) is 4.52 Å². The first-order chi connectivity index (χ1) is 14.1. The average Bonchev–Trinajstić information content (AvgIpc) is 3.15. The number of benzene rings is 2. The van der Waals surface area contributed by atoms with Crippen molar-refractivity contribution in [1.29, 1.82) is 0 Å². The molecule has 0 aliphatic rings. The maximum absolute atomic E-state index is 6.08. The van der Waals surface area contributed by atoms with Gasteiger partial charge in [-0.05, 0) is 47.9 Å². The van der Waals surface area contributed by atoms with Crippen molar-refractivity contribution in [3.8, 4) is 11.1 Å². The SMILES string of the molecule is C=C(NCCC)c1cccc(-c2cnn3ccc(Nc4cccc(Cl)c4)nc23)c1. The molecule has 2 aromatic heterocycles. The Bertz CT molecular complexity index is 1160. The molecule has 0 radical (unpaired) electrons. The summed E-state index contributed by atoms with van der Waals surface area (Å²) >= 11 is 6.08. The minimum Gasteiger partial charge on any atom is -0.385 e. The second-order valence-corrected chi connectivity index (χ2v) is 7.20. The van der Waals surface area contributed by atoms with E-state index in [0.717, 1.165) is 52.5 Å². The Morgan fingerprint density at radius 2 is 2.00 bits per heavy atom. The van der Waals surface area contributed by atoms with Gasteiger partial charge < -0.3 is 10.6 Å². The topological polar surface area (TPSA) is 54.2 Å². The summed E-state index contributed by atoms with van der Waals surface area (Å²) in [5, 5.41) is 11.8. The van der Waals surface area contributed by atoms with Crippen molar-refractivity contribution in [2.45, 2.75) is 13.3 Å². The Kier molecular flexibility index (Phi) is 5.49. The third-order valence-electron chi connectivity index (χ3n) is 4.58. The molecular weight excluding hydrogens is 382 g/mol. The van der Waals surface area contributed by atoms with Crippen LogP contribution in [0.1, 0.15) is 18.9 Å². The third-order valence-corrected chi connectivity index (χ3v) is 4.81. The highest BCUT2D eigenvalue weighted by Crippen LogP contribution is 2.27. The van der Waals surface area contributed by atoms with Crippen LogP contribution >= 0.6 is 11.6 Å². The number of rotatable bonds is 7.